The topological polar surface area (TPSA) is 41.4 Å². The lowest BCUT2D eigenvalue weighted by atomic mass is 9.94. The van der Waals surface area contributed by atoms with E-state index >= 15 is 0 Å². The Labute approximate surface area is 147 Å². The summed E-state index contributed by atoms with van der Waals surface area (Å²) in [7, 11) is 4.01. The highest BCUT2D eigenvalue weighted by molar-refractivity contribution is 6.30. The Balaban J connectivity index is 1.54. The summed E-state index contributed by atoms with van der Waals surface area (Å²) in [6.07, 6.45) is 4.74. The Kier molecular flexibility index (Phi) is 5.21. The van der Waals surface area contributed by atoms with E-state index in [0.717, 1.165) is 19.5 Å². The number of rotatable bonds is 5. The van der Waals surface area contributed by atoms with Crippen molar-refractivity contribution < 1.29 is 4.79 Å². The molecule has 0 spiro atoms. The Hall–Kier alpha value is -1.85. The van der Waals surface area contributed by atoms with Crippen molar-refractivity contribution in [2.75, 3.05) is 20.6 Å². The molecule has 1 aromatic heterocycles. The summed E-state index contributed by atoms with van der Waals surface area (Å²) in [6, 6.07) is 8.91. The van der Waals surface area contributed by atoms with Gasteiger partial charge < -0.3 is 4.90 Å². The fourth-order valence-corrected chi connectivity index (χ4v) is 3.36. The molecule has 0 radical (unpaired) electrons. The van der Waals surface area contributed by atoms with E-state index in [4.69, 9.17) is 11.6 Å². The first-order valence-corrected chi connectivity index (χ1v) is 8.59. The van der Waals surface area contributed by atoms with Gasteiger partial charge in [-0.05, 0) is 24.6 Å². The molecule has 1 aromatic carbocycles. The first kappa shape index (κ1) is 17.0. The van der Waals surface area contributed by atoms with Crippen LogP contribution in [0.1, 0.15) is 17.5 Å². The molecule has 0 saturated heterocycles. The fraction of sp³-hybridized carbons (Fsp3) is 0.444. The second-order valence-corrected chi connectivity index (χ2v) is 6.92. The van der Waals surface area contributed by atoms with Crippen LogP contribution in [-0.4, -0.2) is 52.2 Å². The van der Waals surface area contributed by atoms with Crippen molar-refractivity contribution in [2.45, 2.75) is 32.0 Å². The number of aromatic nitrogens is 2. The highest BCUT2D eigenvalue weighted by Crippen LogP contribution is 2.22. The number of fused-ring (bicyclic) bond motifs is 1. The van der Waals surface area contributed by atoms with Crippen molar-refractivity contribution in [3.8, 4) is 0 Å². The molecule has 1 atom stereocenters. The van der Waals surface area contributed by atoms with Gasteiger partial charge in [-0.2, -0.15) is 5.10 Å². The minimum atomic E-state index is 0.133. The Morgan fingerprint density at radius 1 is 1.38 bits per heavy atom. The first-order valence-electron chi connectivity index (χ1n) is 8.22. The molecule has 2 heterocycles. The number of benzene rings is 1. The molecule has 0 fully saturated rings. The molecule has 1 aliphatic heterocycles. The van der Waals surface area contributed by atoms with E-state index < -0.39 is 0 Å². The van der Waals surface area contributed by atoms with E-state index in [0.29, 0.717) is 24.0 Å². The van der Waals surface area contributed by atoms with Crippen LogP contribution in [0.25, 0.3) is 0 Å². The molecule has 128 valence electrons. The monoisotopic (exact) mass is 346 g/mol. The molecule has 0 aliphatic carbocycles. The zero-order valence-electron chi connectivity index (χ0n) is 14.2. The van der Waals surface area contributed by atoms with E-state index in [1.54, 1.807) is 17.1 Å². The number of carbonyl (C=O) groups is 1. The molecule has 2 aromatic rings. The summed E-state index contributed by atoms with van der Waals surface area (Å²) in [4.78, 5) is 16.5. The van der Waals surface area contributed by atoms with Gasteiger partial charge in [0.15, 0.2) is 0 Å². The van der Waals surface area contributed by atoms with E-state index in [9.17, 15) is 4.79 Å². The molecule has 0 N–H and O–H groups in total. The lowest BCUT2D eigenvalue weighted by Crippen LogP contribution is -2.46. The second kappa shape index (κ2) is 7.36. The molecule has 6 heteroatoms. The molecule has 1 amide bonds. The van der Waals surface area contributed by atoms with E-state index in [2.05, 4.69) is 41.3 Å². The average Bonchev–Trinajstić information content (AvgIpc) is 2.98. The van der Waals surface area contributed by atoms with Gasteiger partial charge in [0.25, 0.3) is 0 Å². The number of halogens is 1. The standard InChI is InChI=1S/C18H23ClN4O/c1-21-11-15-6-4-3-5-14(15)9-17(21)13-22(2)18(24)7-8-23-12-16(19)10-20-23/h3-6,10,12,17H,7-9,11,13H2,1-2H3/t17-/m0/s1. The largest absolute Gasteiger partial charge is 0.344 e. The maximum Gasteiger partial charge on any atom is 0.224 e. The molecule has 0 bridgehead atoms. The van der Waals surface area contributed by atoms with Crippen LogP contribution in [0.3, 0.4) is 0 Å². The molecule has 0 unspecified atom stereocenters. The number of likely N-dealkylation sites (N-methyl/N-ethyl adjacent to an activating group) is 2. The lowest BCUT2D eigenvalue weighted by Gasteiger charge is -2.36. The summed E-state index contributed by atoms with van der Waals surface area (Å²) in [6.45, 7) is 2.23. The quantitative estimate of drug-likeness (QED) is 0.835. The van der Waals surface area contributed by atoms with Gasteiger partial charge >= 0.3 is 0 Å². The van der Waals surface area contributed by atoms with Crippen LogP contribution in [0.15, 0.2) is 36.7 Å². The van der Waals surface area contributed by atoms with Crippen LogP contribution >= 0.6 is 11.6 Å². The number of hydrogen-bond acceptors (Lipinski definition) is 3. The normalized spacial score (nSPS) is 17.5. The maximum absolute atomic E-state index is 12.4. The summed E-state index contributed by atoms with van der Waals surface area (Å²) in [5.74, 6) is 0.133. The van der Waals surface area contributed by atoms with Crippen LogP contribution in [0.2, 0.25) is 5.02 Å². The number of amides is 1. The predicted octanol–water partition coefficient (Wildman–Crippen LogP) is 2.44. The highest BCUT2D eigenvalue weighted by Gasteiger charge is 2.25. The van der Waals surface area contributed by atoms with Gasteiger partial charge in [-0.15, -0.1) is 0 Å². The Bertz CT molecular complexity index is 715. The first-order chi connectivity index (χ1) is 11.5. The second-order valence-electron chi connectivity index (χ2n) is 6.49. The van der Waals surface area contributed by atoms with Crippen molar-refractivity contribution in [2.24, 2.45) is 0 Å². The number of aryl methyl sites for hydroxylation is 1. The van der Waals surface area contributed by atoms with Gasteiger partial charge in [-0.3, -0.25) is 14.4 Å². The molecule has 24 heavy (non-hydrogen) atoms. The molecular formula is C18H23ClN4O. The van der Waals surface area contributed by atoms with Crippen molar-refractivity contribution in [3.63, 3.8) is 0 Å². The zero-order valence-corrected chi connectivity index (χ0v) is 14.9. The van der Waals surface area contributed by atoms with Crippen LogP contribution < -0.4 is 0 Å². The van der Waals surface area contributed by atoms with Gasteiger partial charge in [0.1, 0.15) is 0 Å². The van der Waals surface area contributed by atoms with E-state index in [1.807, 2.05) is 11.9 Å². The third-order valence-electron chi connectivity index (χ3n) is 4.68. The van der Waals surface area contributed by atoms with Gasteiger partial charge in [0.05, 0.1) is 11.2 Å². The zero-order chi connectivity index (χ0) is 17.1. The average molecular weight is 347 g/mol. The third kappa shape index (κ3) is 3.97. The molecular weight excluding hydrogens is 324 g/mol. The molecule has 3 rings (SSSR count). The van der Waals surface area contributed by atoms with Crippen molar-refractivity contribution in [3.05, 3.63) is 52.8 Å². The van der Waals surface area contributed by atoms with Crippen molar-refractivity contribution >= 4 is 17.5 Å². The Morgan fingerprint density at radius 2 is 2.12 bits per heavy atom. The van der Waals surface area contributed by atoms with Crippen LogP contribution in [-0.2, 0) is 24.3 Å². The van der Waals surface area contributed by atoms with Crippen LogP contribution in [0.4, 0.5) is 0 Å². The molecule has 5 nitrogen and oxygen atoms in total. The van der Waals surface area contributed by atoms with Gasteiger partial charge in [-0.25, -0.2) is 0 Å². The van der Waals surface area contributed by atoms with Crippen LogP contribution in [0, 0.1) is 0 Å². The summed E-state index contributed by atoms with van der Waals surface area (Å²) in [5, 5.41) is 4.70. The van der Waals surface area contributed by atoms with E-state index in [-0.39, 0.29) is 5.91 Å². The molecule has 0 saturated carbocycles. The summed E-state index contributed by atoms with van der Waals surface area (Å²) in [5.41, 5.74) is 2.79. The fourth-order valence-electron chi connectivity index (χ4n) is 3.20. The summed E-state index contributed by atoms with van der Waals surface area (Å²) < 4.78 is 1.71. The van der Waals surface area contributed by atoms with Gasteiger partial charge in [0, 0.05) is 45.3 Å². The van der Waals surface area contributed by atoms with Crippen molar-refractivity contribution in [1.82, 2.24) is 19.6 Å². The number of carbonyl (C=O) groups excluding carboxylic acids is 1. The van der Waals surface area contributed by atoms with Crippen molar-refractivity contribution in [1.29, 1.82) is 0 Å². The minimum Gasteiger partial charge on any atom is -0.344 e. The van der Waals surface area contributed by atoms with E-state index in [1.165, 1.54) is 11.1 Å². The summed E-state index contributed by atoms with van der Waals surface area (Å²) >= 11 is 5.84. The van der Waals surface area contributed by atoms with Crippen LogP contribution in [0.5, 0.6) is 0 Å². The SMILES string of the molecule is CN(C[C@@H]1Cc2ccccc2CN1C)C(=O)CCn1cc(Cl)cn1. The van der Waals surface area contributed by atoms with Gasteiger partial charge in [-0.1, -0.05) is 35.9 Å². The smallest absolute Gasteiger partial charge is 0.224 e. The Morgan fingerprint density at radius 3 is 2.83 bits per heavy atom. The minimum absolute atomic E-state index is 0.133. The third-order valence-corrected chi connectivity index (χ3v) is 4.88. The van der Waals surface area contributed by atoms with Gasteiger partial charge in [0.2, 0.25) is 5.91 Å². The maximum atomic E-state index is 12.4. The number of hydrogen-bond donors (Lipinski definition) is 0. The highest BCUT2D eigenvalue weighted by atomic mass is 35.5. The number of nitrogens with zero attached hydrogens (tertiary/aromatic N) is 4. The predicted molar refractivity (Wildman–Crippen MR) is 94.9 cm³/mol. The lowest BCUT2D eigenvalue weighted by molar-refractivity contribution is -0.131. The molecule has 1 aliphatic rings.